The van der Waals surface area contributed by atoms with Gasteiger partial charge < -0.3 is 0 Å². The Labute approximate surface area is 311 Å². The van der Waals surface area contributed by atoms with Crippen molar-refractivity contribution < 1.29 is 0 Å². The van der Waals surface area contributed by atoms with Crippen molar-refractivity contribution in [1.29, 1.82) is 0 Å². The minimum Gasteiger partial charge on any atom is -0.261 e. The van der Waals surface area contributed by atoms with Crippen molar-refractivity contribution in [1.82, 2.24) is 19.9 Å². The first-order valence-electron chi connectivity index (χ1n) is 18.4. The van der Waals surface area contributed by atoms with Gasteiger partial charge in [-0.25, -0.2) is 9.97 Å². The van der Waals surface area contributed by atoms with E-state index in [2.05, 4.69) is 172 Å². The van der Waals surface area contributed by atoms with Crippen molar-refractivity contribution >= 4 is 0 Å². The summed E-state index contributed by atoms with van der Waals surface area (Å²) in [6, 6.07) is 31.4. The molecule has 0 bridgehead atoms. The van der Waals surface area contributed by atoms with Crippen molar-refractivity contribution in [3.05, 3.63) is 132 Å². The molecule has 0 aliphatic rings. The van der Waals surface area contributed by atoms with Crippen molar-refractivity contribution in [2.45, 2.75) is 105 Å². The van der Waals surface area contributed by atoms with Crippen LogP contribution in [0.4, 0.5) is 0 Å². The first kappa shape index (κ1) is 36.8. The van der Waals surface area contributed by atoms with E-state index in [1.807, 2.05) is 18.5 Å². The van der Waals surface area contributed by atoms with Crippen LogP contribution in [0.2, 0.25) is 0 Å². The van der Waals surface area contributed by atoms with E-state index in [1.54, 1.807) is 12.4 Å². The summed E-state index contributed by atoms with van der Waals surface area (Å²) in [6.45, 7) is 27.4. The summed E-state index contributed by atoms with van der Waals surface area (Å²) in [4.78, 5) is 19.0. The predicted molar refractivity (Wildman–Crippen MR) is 220 cm³/mol. The lowest BCUT2D eigenvalue weighted by atomic mass is 9.78. The van der Waals surface area contributed by atoms with Gasteiger partial charge in [0.25, 0.3) is 0 Å². The molecule has 0 spiro atoms. The molecule has 0 amide bonds. The van der Waals surface area contributed by atoms with Crippen LogP contribution < -0.4 is 0 Å². The van der Waals surface area contributed by atoms with Crippen LogP contribution in [0, 0.1) is 0 Å². The van der Waals surface area contributed by atoms with E-state index in [1.165, 1.54) is 38.9 Å². The minimum absolute atomic E-state index is 0.00137. The van der Waals surface area contributed by atoms with Gasteiger partial charge in [-0.05, 0) is 90.4 Å². The SMILES string of the molecule is CC(C)(C)c1cc(-c2ccc(-c3ccnc(-c4cc(-c5cc(C(C)(C)C)cc(C(C)(C)C)c5)cc(-c5cnccn5)c4)n3)cc2)cc(C(C)(C)C)c1. The molecule has 266 valence electrons. The molecule has 52 heavy (non-hydrogen) atoms. The van der Waals surface area contributed by atoms with Crippen LogP contribution >= 0.6 is 0 Å². The van der Waals surface area contributed by atoms with Gasteiger partial charge in [0.1, 0.15) is 0 Å². The van der Waals surface area contributed by atoms with E-state index in [0.717, 1.165) is 33.6 Å². The Kier molecular flexibility index (Phi) is 9.59. The lowest BCUT2D eigenvalue weighted by Crippen LogP contribution is -2.16. The van der Waals surface area contributed by atoms with Crippen LogP contribution in [0.1, 0.15) is 105 Å². The van der Waals surface area contributed by atoms with E-state index < -0.39 is 0 Å². The molecule has 6 rings (SSSR count). The summed E-state index contributed by atoms with van der Waals surface area (Å²) in [6.07, 6.45) is 7.12. The molecule has 4 aromatic carbocycles. The van der Waals surface area contributed by atoms with Gasteiger partial charge >= 0.3 is 0 Å². The summed E-state index contributed by atoms with van der Waals surface area (Å²) >= 11 is 0. The molecule has 2 heterocycles. The second-order valence-corrected chi connectivity index (χ2v) is 18.3. The fraction of sp³-hybridized carbons (Fsp3) is 0.333. The molecule has 0 saturated carbocycles. The quantitative estimate of drug-likeness (QED) is 0.181. The van der Waals surface area contributed by atoms with Gasteiger partial charge in [0.05, 0.1) is 17.6 Å². The second kappa shape index (κ2) is 13.5. The highest BCUT2D eigenvalue weighted by molar-refractivity contribution is 5.80. The molecule has 0 fully saturated rings. The Bertz CT molecular complexity index is 2140. The zero-order valence-corrected chi connectivity index (χ0v) is 33.2. The summed E-state index contributed by atoms with van der Waals surface area (Å²) in [7, 11) is 0. The average molecular weight is 687 g/mol. The van der Waals surface area contributed by atoms with Gasteiger partial charge in [0.15, 0.2) is 5.82 Å². The third-order valence-corrected chi connectivity index (χ3v) is 9.88. The highest BCUT2D eigenvalue weighted by Gasteiger charge is 2.23. The Morgan fingerprint density at radius 1 is 0.346 bits per heavy atom. The van der Waals surface area contributed by atoms with E-state index >= 15 is 0 Å². The molecular weight excluding hydrogens is 633 g/mol. The summed E-state index contributed by atoms with van der Waals surface area (Å²) in [5.74, 6) is 0.671. The van der Waals surface area contributed by atoms with Crippen LogP contribution in [-0.2, 0) is 21.7 Å². The summed E-state index contributed by atoms with van der Waals surface area (Å²) in [5.41, 5.74) is 14.8. The Hall–Kier alpha value is -4.96. The maximum Gasteiger partial charge on any atom is 0.159 e. The van der Waals surface area contributed by atoms with Crippen molar-refractivity contribution in [3.63, 3.8) is 0 Å². The van der Waals surface area contributed by atoms with Crippen LogP contribution in [-0.4, -0.2) is 19.9 Å². The Morgan fingerprint density at radius 3 is 1.27 bits per heavy atom. The van der Waals surface area contributed by atoms with Crippen LogP contribution in [0.25, 0.3) is 56.2 Å². The molecule has 2 aromatic heterocycles. The number of nitrogens with zero attached hydrogens (tertiary/aromatic N) is 4. The molecule has 4 nitrogen and oxygen atoms in total. The zero-order valence-electron chi connectivity index (χ0n) is 33.2. The number of aromatic nitrogens is 4. The number of hydrogen-bond donors (Lipinski definition) is 0. The Morgan fingerprint density at radius 2 is 0.788 bits per heavy atom. The second-order valence-electron chi connectivity index (χ2n) is 18.3. The number of hydrogen-bond acceptors (Lipinski definition) is 4. The van der Waals surface area contributed by atoms with E-state index in [0.29, 0.717) is 5.82 Å². The summed E-state index contributed by atoms with van der Waals surface area (Å²) < 4.78 is 0. The lowest BCUT2D eigenvalue weighted by Gasteiger charge is -2.26. The zero-order chi connectivity index (χ0) is 37.6. The van der Waals surface area contributed by atoms with Crippen LogP contribution in [0.15, 0.2) is 110 Å². The number of rotatable bonds is 5. The van der Waals surface area contributed by atoms with Gasteiger partial charge in [-0.15, -0.1) is 0 Å². The van der Waals surface area contributed by atoms with Gasteiger partial charge in [0.2, 0.25) is 0 Å². The largest absolute Gasteiger partial charge is 0.261 e. The first-order chi connectivity index (χ1) is 24.3. The molecule has 0 aliphatic carbocycles. The van der Waals surface area contributed by atoms with Gasteiger partial charge in [-0.1, -0.05) is 144 Å². The first-order valence-corrected chi connectivity index (χ1v) is 18.4. The molecule has 0 radical (unpaired) electrons. The van der Waals surface area contributed by atoms with E-state index in [9.17, 15) is 0 Å². The highest BCUT2D eigenvalue weighted by atomic mass is 14.9. The van der Waals surface area contributed by atoms with Crippen LogP contribution in [0.5, 0.6) is 0 Å². The molecule has 0 saturated heterocycles. The standard InChI is InChI=1S/C48H54N4/c1-45(2,3)38-24-34(25-39(28-38)46(4,5)6)31-13-15-32(16-14-31)42-17-18-51-44(52-42)37-22-33(21-36(23-37)43-30-49-19-20-50-43)35-26-40(47(7,8)9)29-41(27-35)48(10,11)12/h13-30H,1-12H3. The molecule has 4 heteroatoms. The summed E-state index contributed by atoms with van der Waals surface area (Å²) in [5, 5.41) is 0. The maximum absolute atomic E-state index is 5.14. The van der Waals surface area contributed by atoms with Gasteiger partial charge in [-0.2, -0.15) is 0 Å². The normalized spacial score (nSPS) is 12.6. The van der Waals surface area contributed by atoms with Crippen molar-refractivity contribution in [2.24, 2.45) is 0 Å². The third kappa shape index (κ3) is 8.23. The average Bonchev–Trinajstić information content (AvgIpc) is 3.10. The van der Waals surface area contributed by atoms with Crippen LogP contribution in [0.3, 0.4) is 0 Å². The van der Waals surface area contributed by atoms with Gasteiger partial charge in [-0.3, -0.25) is 9.97 Å². The van der Waals surface area contributed by atoms with E-state index in [-0.39, 0.29) is 21.7 Å². The smallest absolute Gasteiger partial charge is 0.159 e. The van der Waals surface area contributed by atoms with Crippen molar-refractivity contribution in [3.8, 4) is 56.2 Å². The minimum atomic E-state index is -0.00137. The van der Waals surface area contributed by atoms with Crippen molar-refractivity contribution in [2.75, 3.05) is 0 Å². The molecular formula is C48H54N4. The monoisotopic (exact) mass is 686 g/mol. The van der Waals surface area contributed by atoms with Gasteiger partial charge in [0, 0.05) is 35.3 Å². The predicted octanol–water partition coefficient (Wildman–Crippen LogP) is 12.8. The Balaban J connectivity index is 1.43. The molecule has 0 N–H and O–H groups in total. The fourth-order valence-electron chi connectivity index (χ4n) is 6.33. The maximum atomic E-state index is 5.14. The number of benzene rings is 4. The molecule has 6 aromatic rings. The highest BCUT2D eigenvalue weighted by Crippen LogP contribution is 2.38. The topological polar surface area (TPSA) is 51.6 Å². The van der Waals surface area contributed by atoms with E-state index in [4.69, 9.17) is 9.97 Å². The molecule has 0 aliphatic heterocycles. The fourth-order valence-corrected chi connectivity index (χ4v) is 6.33. The molecule has 0 atom stereocenters. The lowest BCUT2D eigenvalue weighted by molar-refractivity contribution is 0.568. The third-order valence-electron chi connectivity index (χ3n) is 9.88. The molecule has 0 unspecified atom stereocenters.